The maximum Gasteiger partial charge on any atom is 0.0470 e. The Balaban J connectivity index is 1.97. The minimum Gasteiger partial charge on any atom is -0.371 e. The molecule has 0 bridgehead atoms. The van der Waals surface area contributed by atoms with Crippen LogP contribution in [-0.4, -0.2) is 17.5 Å². The first-order valence-electron chi connectivity index (χ1n) is 7.90. The third-order valence-electron chi connectivity index (χ3n) is 4.10. The highest BCUT2D eigenvalue weighted by molar-refractivity contribution is 5.25. The first-order valence-corrected chi connectivity index (χ1v) is 7.90. The first kappa shape index (κ1) is 13.7. The predicted octanol–water partition coefficient (Wildman–Crippen LogP) is 4.90. The summed E-state index contributed by atoms with van der Waals surface area (Å²) in [6.07, 6.45) is 18.4. The van der Waals surface area contributed by atoms with Gasteiger partial charge in [-0.3, -0.25) is 0 Å². The second kappa shape index (κ2) is 7.01. The lowest BCUT2D eigenvalue weighted by molar-refractivity contribution is 0.277. The van der Waals surface area contributed by atoms with Crippen LogP contribution in [0.15, 0.2) is 23.9 Å². The van der Waals surface area contributed by atoms with E-state index in [9.17, 15) is 0 Å². The summed E-state index contributed by atoms with van der Waals surface area (Å²) >= 11 is 0. The van der Waals surface area contributed by atoms with Gasteiger partial charge in [-0.2, -0.15) is 0 Å². The summed E-state index contributed by atoms with van der Waals surface area (Å²) in [5, 5.41) is 0. The molecule has 0 amide bonds. The van der Waals surface area contributed by atoms with E-state index >= 15 is 0 Å². The van der Waals surface area contributed by atoms with Crippen molar-refractivity contribution in [1.82, 2.24) is 4.90 Å². The zero-order valence-corrected chi connectivity index (χ0v) is 12.2. The van der Waals surface area contributed by atoms with Crippen molar-refractivity contribution >= 4 is 0 Å². The van der Waals surface area contributed by atoms with Gasteiger partial charge in [0.2, 0.25) is 0 Å². The molecule has 0 aliphatic carbocycles. The second-order valence-corrected chi connectivity index (χ2v) is 6.38. The van der Waals surface area contributed by atoms with Crippen molar-refractivity contribution in [2.24, 2.45) is 5.92 Å². The summed E-state index contributed by atoms with van der Waals surface area (Å²) in [5.41, 5.74) is 1.53. The van der Waals surface area contributed by atoms with E-state index in [1.165, 1.54) is 63.5 Å². The topological polar surface area (TPSA) is 3.24 Å². The Kier molecular flexibility index (Phi) is 5.34. The summed E-state index contributed by atoms with van der Waals surface area (Å²) in [6.45, 7) is 5.88. The Morgan fingerprint density at radius 1 is 1.11 bits per heavy atom. The quantitative estimate of drug-likeness (QED) is 0.671. The van der Waals surface area contributed by atoms with Gasteiger partial charge in [-0.25, -0.2) is 0 Å². The average molecular weight is 247 g/mol. The Morgan fingerprint density at radius 3 is 2.61 bits per heavy atom. The summed E-state index contributed by atoms with van der Waals surface area (Å²) in [7, 11) is 0. The summed E-state index contributed by atoms with van der Waals surface area (Å²) in [4.78, 5) is 2.61. The van der Waals surface area contributed by atoms with Gasteiger partial charge >= 0.3 is 0 Å². The van der Waals surface area contributed by atoms with E-state index < -0.39 is 0 Å². The van der Waals surface area contributed by atoms with Crippen LogP contribution in [0.25, 0.3) is 0 Å². The van der Waals surface area contributed by atoms with Crippen LogP contribution in [0.1, 0.15) is 65.2 Å². The van der Waals surface area contributed by atoms with Gasteiger partial charge in [0.05, 0.1) is 0 Å². The maximum atomic E-state index is 2.61. The van der Waals surface area contributed by atoms with Crippen molar-refractivity contribution in [2.75, 3.05) is 6.54 Å². The third kappa shape index (κ3) is 4.19. The number of hydrogen-bond donors (Lipinski definition) is 0. The molecule has 0 saturated carbocycles. The Hall–Kier alpha value is -0.720. The number of fused-ring (bicyclic) bond motifs is 1. The molecule has 2 rings (SSSR count). The van der Waals surface area contributed by atoms with E-state index in [0.29, 0.717) is 6.04 Å². The van der Waals surface area contributed by atoms with Gasteiger partial charge in [0.15, 0.2) is 0 Å². The molecule has 102 valence electrons. The van der Waals surface area contributed by atoms with Crippen LogP contribution in [0.2, 0.25) is 0 Å². The van der Waals surface area contributed by atoms with Gasteiger partial charge in [-0.15, -0.1) is 0 Å². The number of nitrogens with zero attached hydrogens (tertiary/aromatic N) is 1. The Morgan fingerprint density at radius 2 is 1.83 bits per heavy atom. The molecule has 2 aliphatic heterocycles. The van der Waals surface area contributed by atoms with Gasteiger partial charge in [0, 0.05) is 18.8 Å². The molecule has 1 heteroatoms. The molecule has 0 radical (unpaired) electrons. The molecular weight excluding hydrogens is 218 g/mol. The zero-order valence-electron chi connectivity index (χ0n) is 12.2. The highest BCUT2D eigenvalue weighted by Crippen LogP contribution is 2.24. The van der Waals surface area contributed by atoms with Crippen molar-refractivity contribution in [3.05, 3.63) is 23.9 Å². The standard InChI is InChI=1S/C17H29N/c1-15(2)13-16-10-11-17-9-7-5-3-4-6-8-12-18(17)14-16/h10-11,14-15,17H,3-9,12-13H2,1-2H3. The number of rotatable bonds is 2. The van der Waals surface area contributed by atoms with E-state index in [1.807, 2.05) is 0 Å². The molecule has 2 aliphatic rings. The zero-order chi connectivity index (χ0) is 12.8. The molecule has 0 spiro atoms. The molecule has 1 unspecified atom stereocenters. The molecule has 18 heavy (non-hydrogen) atoms. The van der Waals surface area contributed by atoms with E-state index in [-0.39, 0.29) is 0 Å². The molecule has 0 aromatic carbocycles. The smallest absolute Gasteiger partial charge is 0.0470 e. The van der Waals surface area contributed by atoms with Gasteiger partial charge in [0.1, 0.15) is 0 Å². The van der Waals surface area contributed by atoms with Crippen molar-refractivity contribution < 1.29 is 0 Å². The van der Waals surface area contributed by atoms with E-state index in [0.717, 1.165) is 5.92 Å². The van der Waals surface area contributed by atoms with Gasteiger partial charge in [-0.1, -0.05) is 58.1 Å². The number of allylic oxidation sites excluding steroid dienone is 2. The first-order chi connectivity index (χ1) is 8.75. The van der Waals surface area contributed by atoms with E-state index in [2.05, 4.69) is 37.1 Å². The molecular formula is C17H29N. The van der Waals surface area contributed by atoms with Gasteiger partial charge in [0.25, 0.3) is 0 Å². The van der Waals surface area contributed by atoms with Crippen molar-refractivity contribution in [3.63, 3.8) is 0 Å². The SMILES string of the molecule is CC(C)CC1=CN2CCCCCCCCC2C=C1. The minimum atomic E-state index is 0.680. The highest BCUT2D eigenvalue weighted by atomic mass is 15.1. The lowest BCUT2D eigenvalue weighted by Gasteiger charge is -2.33. The van der Waals surface area contributed by atoms with Crippen LogP contribution in [-0.2, 0) is 0 Å². The molecule has 0 N–H and O–H groups in total. The summed E-state index contributed by atoms with van der Waals surface area (Å²) in [5.74, 6) is 0.762. The molecule has 1 fully saturated rings. The summed E-state index contributed by atoms with van der Waals surface area (Å²) in [6, 6.07) is 0.680. The van der Waals surface area contributed by atoms with Crippen molar-refractivity contribution in [3.8, 4) is 0 Å². The Labute approximate surface area is 113 Å². The van der Waals surface area contributed by atoms with Crippen molar-refractivity contribution in [2.45, 2.75) is 71.3 Å². The Bertz CT molecular complexity index is 301. The minimum absolute atomic E-state index is 0.680. The van der Waals surface area contributed by atoms with E-state index in [1.54, 1.807) is 0 Å². The highest BCUT2D eigenvalue weighted by Gasteiger charge is 2.17. The van der Waals surface area contributed by atoms with Crippen LogP contribution >= 0.6 is 0 Å². The largest absolute Gasteiger partial charge is 0.371 e. The van der Waals surface area contributed by atoms with Crippen LogP contribution in [0.3, 0.4) is 0 Å². The normalized spacial score (nSPS) is 25.8. The van der Waals surface area contributed by atoms with Crippen LogP contribution in [0.5, 0.6) is 0 Å². The molecule has 1 saturated heterocycles. The third-order valence-corrected chi connectivity index (χ3v) is 4.10. The number of hydrogen-bond acceptors (Lipinski definition) is 1. The monoisotopic (exact) mass is 247 g/mol. The lowest BCUT2D eigenvalue weighted by Crippen LogP contribution is -2.32. The van der Waals surface area contributed by atoms with Gasteiger partial charge < -0.3 is 4.90 Å². The molecule has 1 nitrogen and oxygen atoms in total. The molecule has 0 aromatic rings. The maximum absolute atomic E-state index is 2.61. The predicted molar refractivity (Wildman–Crippen MR) is 79.5 cm³/mol. The van der Waals surface area contributed by atoms with Crippen LogP contribution in [0.4, 0.5) is 0 Å². The lowest BCUT2D eigenvalue weighted by atomic mass is 9.96. The fourth-order valence-corrected chi connectivity index (χ4v) is 3.14. The molecule has 0 aromatic heterocycles. The van der Waals surface area contributed by atoms with Crippen molar-refractivity contribution in [1.29, 1.82) is 0 Å². The van der Waals surface area contributed by atoms with Gasteiger partial charge in [-0.05, 0) is 30.8 Å². The summed E-state index contributed by atoms with van der Waals surface area (Å²) < 4.78 is 0. The molecule has 1 atom stereocenters. The average Bonchev–Trinajstić information content (AvgIpc) is 2.34. The fourth-order valence-electron chi connectivity index (χ4n) is 3.14. The fraction of sp³-hybridized carbons (Fsp3) is 0.765. The van der Waals surface area contributed by atoms with E-state index in [4.69, 9.17) is 0 Å². The van der Waals surface area contributed by atoms with Crippen LogP contribution in [0, 0.1) is 5.92 Å². The van der Waals surface area contributed by atoms with Crippen LogP contribution < -0.4 is 0 Å². The molecule has 2 heterocycles. The second-order valence-electron chi connectivity index (χ2n) is 6.38.